The molecule has 0 spiro atoms. The van der Waals surface area contributed by atoms with E-state index in [1.807, 2.05) is 91.9 Å². The average Bonchev–Trinajstić information content (AvgIpc) is 2.98. The minimum Gasteiger partial charge on any atom is -0.457 e. The van der Waals surface area contributed by atoms with Crippen LogP contribution in [0.25, 0.3) is 6.08 Å². The summed E-state index contributed by atoms with van der Waals surface area (Å²) in [5.74, 6) is 1.43. The summed E-state index contributed by atoms with van der Waals surface area (Å²) in [5, 5.41) is 0. The van der Waals surface area contributed by atoms with Crippen molar-refractivity contribution in [2.45, 2.75) is 13.5 Å². The van der Waals surface area contributed by atoms with Crippen LogP contribution in [-0.4, -0.2) is 15.1 Å². The normalized spacial score (nSPS) is 15.2. The third kappa shape index (κ3) is 4.75. The SMILES string of the molecule is Cc1ccc(CN2C(=O)C(=Cc3cccc(Oc4ccccc4)c3)SC2=S)cc1. The molecule has 1 amide bonds. The summed E-state index contributed by atoms with van der Waals surface area (Å²) < 4.78 is 6.47. The van der Waals surface area contributed by atoms with Gasteiger partial charge in [0.1, 0.15) is 15.8 Å². The summed E-state index contributed by atoms with van der Waals surface area (Å²) in [5.41, 5.74) is 3.15. The number of rotatable bonds is 5. The molecule has 144 valence electrons. The number of thioether (sulfide) groups is 1. The quantitative estimate of drug-likeness (QED) is 0.366. The summed E-state index contributed by atoms with van der Waals surface area (Å²) in [7, 11) is 0. The van der Waals surface area contributed by atoms with Gasteiger partial charge in [-0.05, 0) is 48.4 Å². The van der Waals surface area contributed by atoms with E-state index in [2.05, 4.69) is 0 Å². The van der Waals surface area contributed by atoms with Crippen molar-refractivity contribution < 1.29 is 9.53 Å². The molecule has 1 aliphatic rings. The van der Waals surface area contributed by atoms with E-state index in [1.165, 1.54) is 17.3 Å². The lowest BCUT2D eigenvalue weighted by molar-refractivity contribution is -0.122. The lowest BCUT2D eigenvalue weighted by atomic mass is 10.1. The van der Waals surface area contributed by atoms with Crippen LogP contribution in [0.3, 0.4) is 0 Å². The topological polar surface area (TPSA) is 29.5 Å². The van der Waals surface area contributed by atoms with Crippen LogP contribution < -0.4 is 4.74 Å². The number of carbonyl (C=O) groups is 1. The Bertz CT molecular complexity index is 1080. The highest BCUT2D eigenvalue weighted by Gasteiger charge is 2.31. The zero-order valence-electron chi connectivity index (χ0n) is 15.9. The van der Waals surface area contributed by atoms with E-state index >= 15 is 0 Å². The highest BCUT2D eigenvalue weighted by Crippen LogP contribution is 2.34. The van der Waals surface area contributed by atoms with Crippen LogP contribution in [0, 0.1) is 6.92 Å². The number of benzene rings is 3. The molecule has 3 nitrogen and oxygen atoms in total. The largest absolute Gasteiger partial charge is 0.457 e. The molecule has 0 atom stereocenters. The molecule has 3 aromatic rings. The number of carbonyl (C=O) groups excluding carboxylic acids is 1. The Hall–Kier alpha value is -2.89. The predicted molar refractivity (Wildman–Crippen MR) is 123 cm³/mol. The van der Waals surface area contributed by atoms with Gasteiger partial charge >= 0.3 is 0 Å². The van der Waals surface area contributed by atoms with Crippen LogP contribution in [-0.2, 0) is 11.3 Å². The average molecular weight is 418 g/mol. The third-order valence-electron chi connectivity index (χ3n) is 4.47. The zero-order chi connectivity index (χ0) is 20.2. The third-order valence-corrected chi connectivity index (χ3v) is 5.85. The van der Waals surface area contributed by atoms with Crippen LogP contribution in [0.4, 0.5) is 0 Å². The minimum absolute atomic E-state index is 0.0602. The number of aryl methyl sites for hydroxylation is 1. The van der Waals surface area contributed by atoms with Crippen LogP contribution in [0.5, 0.6) is 11.5 Å². The number of thiocarbonyl (C=S) groups is 1. The molecule has 0 aromatic heterocycles. The van der Waals surface area contributed by atoms with Crippen molar-refractivity contribution >= 4 is 40.3 Å². The molecule has 3 aromatic carbocycles. The highest BCUT2D eigenvalue weighted by molar-refractivity contribution is 8.26. The summed E-state index contributed by atoms with van der Waals surface area (Å²) in [6, 6.07) is 25.4. The maximum absolute atomic E-state index is 12.9. The van der Waals surface area contributed by atoms with Crippen LogP contribution in [0.1, 0.15) is 16.7 Å². The van der Waals surface area contributed by atoms with E-state index in [0.29, 0.717) is 15.8 Å². The van der Waals surface area contributed by atoms with Crippen molar-refractivity contribution in [3.8, 4) is 11.5 Å². The molecule has 0 N–H and O–H groups in total. The predicted octanol–water partition coefficient (Wildman–Crippen LogP) is 6.19. The lowest BCUT2D eigenvalue weighted by Crippen LogP contribution is -2.27. The van der Waals surface area contributed by atoms with E-state index in [9.17, 15) is 4.79 Å². The van der Waals surface area contributed by atoms with Crippen molar-refractivity contribution in [1.29, 1.82) is 0 Å². The fraction of sp³-hybridized carbons (Fsp3) is 0.0833. The van der Waals surface area contributed by atoms with Crippen molar-refractivity contribution in [3.63, 3.8) is 0 Å². The van der Waals surface area contributed by atoms with Gasteiger partial charge in [0.05, 0.1) is 11.4 Å². The second kappa shape index (κ2) is 8.64. The molecule has 0 radical (unpaired) electrons. The monoisotopic (exact) mass is 417 g/mol. The molecule has 4 rings (SSSR count). The molecular formula is C24H19NO2S2. The van der Waals surface area contributed by atoms with Crippen LogP contribution in [0.15, 0.2) is 83.8 Å². The molecule has 1 heterocycles. The summed E-state index contributed by atoms with van der Waals surface area (Å²) >= 11 is 6.79. The fourth-order valence-corrected chi connectivity index (χ4v) is 4.21. The standard InChI is InChI=1S/C24H19NO2S2/c1-17-10-12-18(13-11-17)16-25-23(26)22(29-24(25)28)15-19-6-5-9-21(14-19)27-20-7-3-2-4-8-20/h2-15H,16H2,1H3. The van der Waals surface area contributed by atoms with E-state index < -0.39 is 0 Å². The molecule has 0 unspecified atom stereocenters. The van der Waals surface area contributed by atoms with E-state index in [-0.39, 0.29) is 5.91 Å². The minimum atomic E-state index is -0.0602. The number of amides is 1. The summed E-state index contributed by atoms with van der Waals surface area (Å²) in [4.78, 5) is 15.2. The molecule has 0 bridgehead atoms. The molecule has 1 saturated heterocycles. The van der Waals surface area contributed by atoms with Gasteiger partial charge in [0.25, 0.3) is 5.91 Å². The molecule has 1 aliphatic heterocycles. The van der Waals surface area contributed by atoms with Crippen LogP contribution >= 0.6 is 24.0 Å². The van der Waals surface area contributed by atoms with Gasteiger partial charge in [-0.1, -0.05) is 84.1 Å². The molecule has 0 aliphatic carbocycles. The number of ether oxygens (including phenoxy) is 1. The molecular weight excluding hydrogens is 398 g/mol. The Labute approximate surface area is 180 Å². The highest BCUT2D eigenvalue weighted by atomic mass is 32.2. The molecule has 1 fully saturated rings. The van der Waals surface area contributed by atoms with Gasteiger partial charge in [0, 0.05) is 0 Å². The molecule has 29 heavy (non-hydrogen) atoms. The van der Waals surface area contributed by atoms with Crippen LogP contribution in [0.2, 0.25) is 0 Å². The first kappa shape index (κ1) is 19.4. The van der Waals surface area contributed by atoms with Gasteiger partial charge in [-0.15, -0.1) is 0 Å². The molecule has 5 heteroatoms. The van der Waals surface area contributed by atoms with Gasteiger partial charge in [-0.25, -0.2) is 0 Å². The van der Waals surface area contributed by atoms with E-state index in [0.717, 1.165) is 22.6 Å². The first-order chi connectivity index (χ1) is 14.1. The smallest absolute Gasteiger partial charge is 0.266 e. The second-order valence-corrected chi connectivity index (χ2v) is 8.42. The van der Waals surface area contributed by atoms with Crippen molar-refractivity contribution in [3.05, 3.63) is 100 Å². The zero-order valence-corrected chi connectivity index (χ0v) is 17.5. The Morgan fingerprint density at radius 1 is 0.966 bits per heavy atom. The van der Waals surface area contributed by atoms with Gasteiger partial charge in [-0.2, -0.15) is 0 Å². The number of hydrogen-bond acceptors (Lipinski definition) is 4. The van der Waals surface area contributed by atoms with E-state index in [1.54, 1.807) is 4.90 Å². The molecule has 0 saturated carbocycles. The van der Waals surface area contributed by atoms with Crippen molar-refractivity contribution in [1.82, 2.24) is 4.90 Å². The Kier molecular flexibility index (Phi) is 5.79. The number of hydrogen-bond donors (Lipinski definition) is 0. The van der Waals surface area contributed by atoms with Gasteiger partial charge < -0.3 is 4.74 Å². The Morgan fingerprint density at radius 3 is 2.45 bits per heavy atom. The maximum Gasteiger partial charge on any atom is 0.266 e. The Morgan fingerprint density at radius 2 is 1.69 bits per heavy atom. The summed E-state index contributed by atoms with van der Waals surface area (Å²) in [6.45, 7) is 2.53. The van der Waals surface area contributed by atoms with E-state index in [4.69, 9.17) is 17.0 Å². The fourth-order valence-electron chi connectivity index (χ4n) is 2.96. The Balaban J connectivity index is 1.51. The number of nitrogens with zero attached hydrogens (tertiary/aromatic N) is 1. The van der Waals surface area contributed by atoms with Crippen molar-refractivity contribution in [2.24, 2.45) is 0 Å². The summed E-state index contributed by atoms with van der Waals surface area (Å²) in [6.07, 6.45) is 1.87. The number of para-hydroxylation sites is 1. The van der Waals surface area contributed by atoms with Gasteiger partial charge in [0.2, 0.25) is 0 Å². The van der Waals surface area contributed by atoms with Gasteiger partial charge in [-0.3, -0.25) is 9.69 Å². The first-order valence-electron chi connectivity index (χ1n) is 9.22. The van der Waals surface area contributed by atoms with Crippen molar-refractivity contribution in [2.75, 3.05) is 0 Å². The first-order valence-corrected chi connectivity index (χ1v) is 10.4. The maximum atomic E-state index is 12.9. The lowest BCUT2D eigenvalue weighted by Gasteiger charge is -2.14. The van der Waals surface area contributed by atoms with Gasteiger partial charge in [0.15, 0.2) is 0 Å². The second-order valence-electron chi connectivity index (χ2n) is 6.74.